The van der Waals surface area contributed by atoms with E-state index in [0.717, 1.165) is 12.8 Å². The fourth-order valence-corrected chi connectivity index (χ4v) is 7.17. The van der Waals surface area contributed by atoms with Gasteiger partial charge in [-0.15, -0.1) is 0 Å². The number of halogens is 4. The molecule has 1 aliphatic rings. The molecule has 0 nitrogen and oxygen atoms in total. The summed E-state index contributed by atoms with van der Waals surface area (Å²) in [6, 6.07) is 6.45. The first-order valence-corrected chi connectivity index (χ1v) is 11.4. The smallest absolute Gasteiger partial charge is 0.147 e. The summed E-state index contributed by atoms with van der Waals surface area (Å²) < 4.78 is 41.4. The second kappa shape index (κ2) is 8.93. The Hall–Kier alpha value is -0.743. The van der Waals surface area contributed by atoms with Crippen LogP contribution in [0.25, 0.3) is 5.83 Å². The average Bonchev–Trinajstić information content (AvgIpc) is 2.54. The van der Waals surface area contributed by atoms with E-state index in [1.807, 2.05) is 0 Å². The fraction of sp³-hybridized carbons (Fsp3) is 0.556. The molecule has 0 amide bonds. The van der Waals surface area contributed by atoms with Crippen LogP contribution < -0.4 is 0 Å². The van der Waals surface area contributed by atoms with Crippen molar-refractivity contribution in [1.82, 2.24) is 0 Å². The van der Waals surface area contributed by atoms with Crippen LogP contribution in [-0.2, 0) is 0 Å². The maximum Gasteiger partial charge on any atom is 0.147 e. The van der Waals surface area contributed by atoms with Crippen LogP contribution >= 0.6 is 11.6 Å². The van der Waals surface area contributed by atoms with E-state index in [1.54, 1.807) is 0 Å². The second-order valence-corrected chi connectivity index (χ2v) is 10.2. The van der Waals surface area contributed by atoms with Gasteiger partial charge in [-0.25, -0.2) is 13.2 Å². The van der Waals surface area contributed by atoms with Crippen molar-refractivity contribution in [2.24, 2.45) is 0 Å². The van der Waals surface area contributed by atoms with Crippen LogP contribution in [0, 0.1) is 11.6 Å². The molecule has 0 N–H and O–H groups in total. The number of benzene rings is 1. The second-order valence-electron chi connectivity index (χ2n) is 6.53. The minimum absolute atomic E-state index is 0.200. The highest BCUT2D eigenvalue weighted by atomic mass is 35.5. The number of hydrogen-bond donors (Lipinski definition) is 0. The Kier molecular flexibility index (Phi) is 7.22. The van der Waals surface area contributed by atoms with Crippen molar-refractivity contribution in [3.05, 3.63) is 40.4 Å². The van der Waals surface area contributed by atoms with Crippen molar-refractivity contribution >= 4 is 26.2 Å². The van der Waals surface area contributed by atoms with Crippen molar-refractivity contribution in [2.45, 2.75) is 63.1 Å². The number of hydrogen-bond acceptors (Lipinski definition) is 0. The Morgan fingerprint density at radius 1 is 1.22 bits per heavy atom. The zero-order chi connectivity index (χ0) is 16.8. The summed E-state index contributed by atoms with van der Waals surface area (Å²) in [6.07, 6.45) is 5.91. The van der Waals surface area contributed by atoms with Crippen molar-refractivity contribution < 1.29 is 13.2 Å². The molecule has 1 aromatic rings. The van der Waals surface area contributed by atoms with Gasteiger partial charge in [0, 0.05) is 14.3 Å². The first-order chi connectivity index (χ1) is 11.1. The van der Waals surface area contributed by atoms with E-state index >= 15 is 0 Å². The largest absolute Gasteiger partial charge is 0.206 e. The third-order valence-corrected chi connectivity index (χ3v) is 8.65. The van der Waals surface area contributed by atoms with Gasteiger partial charge >= 0.3 is 0 Å². The highest BCUT2D eigenvalue weighted by molar-refractivity contribution is 6.59. The number of rotatable bonds is 6. The van der Waals surface area contributed by atoms with Gasteiger partial charge in [-0.1, -0.05) is 55.9 Å². The van der Waals surface area contributed by atoms with Crippen molar-refractivity contribution in [3.63, 3.8) is 0 Å². The molecule has 1 fully saturated rings. The molecule has 23 heavy (non-hydrogen) atoms. The molecule has 0 bridgehead atoms. The normalized spacial score (nSPS) is 22.4. The molecule has 0 saturated carbocycles. The summed E-state index contributed by atoms with van der Waals surface area (Å²) >= 11 is 5.22. The molecular formula is C18H24ClF3Si. The molecule has 5 heteroatoms. The Morgan fingerprint density at radius 3 is 2.35 bits per heavy atom. The predicted octanol–water partition coefficient (Wildman–Crippen LogP) is 6.77. The molecule has 0 radical (unpaired) electrons. The first kappa shape index (κ1) is 18.6. The maximum absolute atomic E-state index is 14.0. The van der Waals surface area contributed by atoms with E-state index in [0.29, 0.717) is 11.1 Å². The monoisotopic (exact) mass is 360 g/mol. The zero-order valence-electron chi connectivity index (χ0n) is 13.6. The lowest BCUT2D eigenvalue weighted by Crippen LogP contribution is -2.20. The van der Waals surface area contributed by atoms with Gasteiger partial charge in [0.15, 0.2) is 0 Å². The molecular weight excluding hydrogens is 337 g/mol. The highest BCUT2D eigenvalue weighted by Crippen LogP contribution is 2.37. The molecule has 0 atom stereocenters. The average molecular weight is 361 g/mol. The fourth-order valence-electron chi connectivity index (χ4n) is 3.58. The van der Waals surface area contributed by atoms with E-state index in [1.165, 1.54) is 49.5 Å². The molecule has 2 rings (SSSR count). The third kappa shape index (κ3) is 4.86. The van der Waals surface area contributed by atoms with E-state index < -0.39 is 31.8 Å². The topological polar surface area (TPSA) is 0 Å². The van der Waals surface area contributed by atoms with E-state index in [9.17, 15) is 13.2 Å². The van der Waals surface area contributed by atoms with Crippen LogP contribution in [0.5, 0.6) is 0 Å². The quantitative estimate of drug-likeness (QED) is 0.388. The summed E-state index contributed by atoms with van der Waals surface area (Å²) in [5.41, 5.74) is 0.562. The first-order valence-electron chi connectivity index (χ1n) is 8.52. The SMILES string of the molecule is CCCCC[SiH]1CCC(c2cc(F)c(C(F)=CCl)c(F)c2)CC1. The standard InChI is InChI=1S/C18H24ClF3Si/c1-2-3-4-7-23-8-5-13(6-9-23)14-10-15(20)18(16(21)11-14)17(22)12-19/h10-13,23H,2-9H2,1H3. The van der Waals surface area contributed by atoms with E-state index in [-0.39, 0.29) is 5.92 Å². The van der Waals surface area contributed by atoms with Gasteiger partial charge in [-0.05, 0) is 36.5 Å². The Morgan fingerprint density at radius 2 is 1.83 bits per heavy atom. The van der Waals surface area contributed by atoms with Gasteiger partial charge in [0.2, 0.25) is 0 Å². The Labute approximate surface area is 143 Å². The minimum Gasteiger partial charge on any atom is -0.206 e. The van der Waals surface area contributed by atoms with Crippen LogP contribution in [0.4, 0.5) is 13.2 Å². The van der Waals surface area contributed by atoms with Crippen LogP contribution in [0.2, 0.25) is 18.1 Å². The van der Waals surface area contributed by atoms with Crippen molar-refractivity contribution in [1.29, 1.82) is 0 Å². The van der Waals surface area contributed by atoms with Crippen molar-refractivity contribution in [3.8, 4) is 0 Å². The van der Waals surface area contributed by atoms with Crippen molar-refractivity contribution in [2.75, 3.05) is 0 Å². The summed E-state index contributed by atoms with van der Waals surface area (Å²) in [5.74, 6) is -2.60. The van der Waals surface area contributed by atoms with Gasteiger partial charge < -0.3 is 0 Å². The van der Waals surface area contributed by atoms with Crippen LogP contribution in [0.1, 0.15) is 56.1 Å². The molecule has 0 aromatic heterocycles. The van der Waals surface area contributed by atoms with E-state index in [4.69, 9.17) is 11.6 Å². The predicted molar refractivity (Wildman–Crippen MR) is 94.4 cm³/mol. The maximum atomic E-state index is 14.0. The van der Waals surface area contributed by atoms with Gasteiger partial charge in [0.05, 0.1) is 5.56 Å². The van der Waals surface area contributed by atoms with Gasteiger partial charge in [0.25, 0.3) is 0 Å². The molecule has 1 aromatic carbocycles. The summed E-state index contributed by atoms with van der Waals surface area (Å²) in [4.78, 5) is 0. The molecule has 1 heterocycles. The molecule has 0 unspecified atom stereocenters. The minimum atomic E-state index is -1.07. The summed E-state index contributed by atoms with van der Waals surface area (Å²) in [5, 5.41) is 0. The molecule has 128 valence electrons. The van der Waals surface area contributed by atoms with Gasteiger partial charge in [-0.2, -0.15) is 0 Å². The summed E-state index contributed by atoms with van der Waals surface area (Å²) in [7, 11) is -0.650. The highest BCUT2D eigenvalue weighted by Gasteiger charge is 2.25. The third-order valence-electron chi connectivity index (χ3n) is 4.93. The Bertz CT molecular complexity index is 528. The number of unbranched alkanes of at least 4 members (excludes halogenated alkanes) is 2. The van der Waals surface area contributed by atoms with Crippen LogP contribution in [0.3, 0.4) is 0 Å². The van der Waals surface area contributed by atoms with Gasteiger partial charge in [0.1, 0.15) is 17.5 Å². The molecule has 1 aliphatic heterocycles. The molecule has 1 saturated heterocycles. The zero-order valence-corrected chi connectivity index (χ0v) is 15.5. The van der Waals surface area contributed by atoms with Gasteiger partial charge in [-0.3, -0.25) is 0 Å². The lowest BCUT2D eigenvalue weighted by molar-refractivity contribution is 0.546. The van der Waals surface area contributed by atoms with E-state index in [2.05, 4.69) is 6.92 Å². The molecule has 0 aliphatic carbocycles. The summed E-state index contributed by atoms with van der Waals surface area (Å²) in [6.45, 7) is 2.22. The van der Waals surface area contributed by atoms with Crippen LogP contribution in [0.15, 0.2) is 17.7 Å². The lowest BCUT2D eigenvalue weighted by Gasteiger charge is -2.28. The lowest BCUT2D eigenvalue weighted by atomic mass is 9.92. The van der Waals surface area contributed by atoms with Crippen LogP contribution in [-0.4, -0.2) is 8.80 Å². The molecule has 0 spiro atoms. The Balaban J connectivity index is 2.01.